The van der Waals surface area contributed by atoms with E-state index in [0.717, 1.165) is 32.7 Å². The van der Waals surface area contributed by atoms with E-state index in [9.17, 15) is 15.0 Å². The van der Waals surface area contributed by atoms with Crippen molar-refractivity contribution in [2.75, 3.05) is 0 Å². The van der Waals surface area contributed by atoms with Gasteiger partial charge in [0.2, 0.25) is 0 Å². The Morgan fingerprint density at radius 1 is 0.607 bits per heavy atom. The van der Waals surface area contributed by atoms with Crippen molar-refractivity contribution in [2.24, 2.45) is 0 Å². The third-order valence-corrected chi connectivity index (χ3v) is 5.34. The van der Waals surface area contributed by atoms with Crippen LogP contribution in [-0.4, -0.2) is 16.0 Å². The second-order valence-corrected chi connectivity index (χ2v) is 7.11. The minimum absolute atomic E-state index is 0.125. The molecule has 0 aromatic heterocycles. The Bertz CT molecular complexity index is 1070. The van der Waals surface area contributed by atoms with Gasteiger partial charge < -0.3 is 10.2 Å². The van der Waals surface area contributed by atoms with E-state index in [0.29, 0.717) is 25.7 Å². The molecule has 0 heterocycles. The molecule has 0 aliphatic heterocycles. The van der Waals surface area contributed by atoms with E-state index in [-0.39, 0.29) is 17.3 Å². The Hall–Kier alpha value is -3.33. The molecule has 0 amide bonds. The van der Waals surface area contributed by atoms with Gasteiger partial charge in [-0.3, -0.25) is 4.79 Å². The van der Waals surface area contributed by atoms with Crippen LogP contribution in [0.25, 0.3) is 21.5 Å². The standard InChI is InChI=1S/C25H22O3/c26-19(11-13-22-20-7-3-1-5-17(20)9-15-24(22)27)12-14-23-21-8-4-2-6-18(21)10-16-25(23)28/h1-10,15-16,27-28H,11-14H2. The number of hydrogen-bond donors (Lipinski definition) is 2. The number of phenolic OH excluding ortho intramolecular Hbond substituents is 2. The molecule has 2 N–H and O–H groups in total. The number of rotatable bonds is 6. The predicted octanol–water partition coefficient (Wildman–Crippen LogP) is 5.54. The summed E-state index contributed by atoms with van der Waals surface area (Å²) in [5.41, 5.74) is 1.64. The maximum absolute atomic E-state index is 12.5. The van der Waals surface area contributed by atoms with E-state index in [2.05, 4.69) is 0 Å². The lowest BCUT2D eigenvalue weighted by Crippen LogP contribution is -2.03. The molecule has 0 fully saturated rings. The fourth-order valence-electron chi connectivity index (χ4n) is 3.83. The number of fused-ring (bicyclic) bond motifs is 2. The highest BCUT2D eigenvalue weighted by Crippen LogP contribution is 2.30. The number of carbonyl (C=O) groups excluding carboxylic acids is 1. The number of hydrogen-bond acceptors (Lipinski definition) is 3. The summed E-state index contributed by atoms with van der Waals surface area (Å²) < 4.78 is 0. The Morgan fingerprint density at radius 2 is 1.04 bits per heavy atom. The van der Waals surface area contributed by atoms with Gasteiger partial charge in [-0.15, -0.1) is 0 Å². The summed E-state index contributed by atoms with van der Waals surface area (Å²) >= 11 is 0. The van der Waals surface area contributed by atoms with Gasteiger partial charge in [0, 0.05) is 24.0 Å². The molecule has 0 bridgehead atoms. The molecule has 140 valence electrons. The zero-order chi connectivity index (χ0) is 19.5. The van der Waals surface area contributed by atoms with Crippen molar-refractivity contribution < 1.29 is 15.0 Å². The molecule has 0 aliphatic rings. The maximum atomic E-state index is 12.5. The number of carbonyl (C=O) groups is 1. The SMILES string of the molecule is O=C(CCc1c(O)ccc2ccccc12)CCc1c(O)ccc2ccccc12. The largest absolute Gasteiger partial charge is 0.508 e. The molecular weight excluding hydrogens is 348 g/mol. The molecule has 3 heteroatoms. The van der Waals surface area contributed by atoms with Crippen molar-refractivity contribution in [1.29, 1.82) is 0 Å². The number of Topliss-reactive ketones (excluding diaryl/α,β-unsaturated/α-hetero) is 1. The zero-order valence-corrected chi connectivity index (χ0v) is 15.6. The monoisotopic (exact) mass is 370 g/mol. The van der Waals surface area contributed by atoms with E-state index < -0.39 is 0 Å². The molecule has 0 saturated carbocycles. The van der Waals surface area contributed by atoms with Crippen molar-refractivity contribution in [3.8, 4) is 11.5 Å². The van der Waals surface area contributed by atoms with E-state index >= 15 is 0 Å². The van der Waals surface area contributed by atoms with Crippen LogP contribution < -0.4 is 0 Å². The third kappa shape index (κ3) is 3.56. The number of aromatic hydroxyl groups is 2. The first-order valence-electron chi connectivity index (χ1n) is 9.54. The van der Waals surface area contributed by atoms with Gasteiger partial charge in [-0.1, -0.05) is 60.7 Å². The van der Waals surface area contributed by atoms with Crippen molar-refractivity contribution in [1.82, 2.24) is 0 Å². The first-order valence-corrected chi connectivity index (χ1v) is 9.54. The molecule has 4 aromatic carbocycles. The van der Waals surface area contributed by atoms with E-state index in [1.54, 1.807) is 12.1 Å². The number of ketones is 1. The fourth-order valence-corrected chi connectivity index (χ4v) is 3.83. The van der Waals surface area contributed by atoms with Gasteiger partial charge in [0.25, 0.3) is 0 Å². The summed E-state index contributed by atoms with van der Waals surface area (Å²) in [6, 6.07) is 22.9. The van der Waals surface area contributed by atoms with Crippen molar-refractivity contribution in [3.63, 3.8) is 0 Å². The van der Waals surface area contributed by atoms with Gasteiger partial charge in [-0.25, -0.2) is 0 Å². The highest BCUT2D eigenvalue weighted by atomic mass is 16.3. The van der Waals surface area contributed by atoms with Gasteiger partial charge in [-0.2, -0.15) is 0 Å². The first kappa shape index (κ1) is 18.1. The molecule has 0 spiro atoms. The Labute approximate surface area is 163 Å². The van der Waals surface area contributed by atoms with Crippen molar-refractivity contribution >= 4 is 27.3 Å². The van der Waals surface area contributed by atoms with Crippen LogP contribution in [0.1, 0.15) is 24.0 Å². The zero-order valence-electron chi connectivity index (χ0n) is 15.6. The molecule has 28 heavy (non-hydrogen) atoms. The maximum Gasteiger partial charge on any atom is 0.133 e. The highest BCUT2D eigenvalue weighted by molar-refractivity contribution is 5.90. The van der Waals surface area contributed by atoms with Gasteiger partial charge in [0.1, 0.15) is 17.3 Å². The number of aryl methyl sites for hydroxylation is 2. The summed E-state index contributed by atoms with van der Waals surface area (Å²) in [6.07, 6.45) is 1.75. The Kier molecular flexibility index (Phi) is 4.98. The molecule has 0 radical (unpaired) electrons. The summed E-state index contributed by atoms with van der Waals surface area (Å²) in [5.74, 6) is 0.594. The minimum Gasteiger partial charge on any atom is -0.508 e. The Morgan fingerprint density at radius 3 is 1.50 bits per heavy atom. The average Bonchev–Trinajstić information content (AvgIpc) is 2.72. The van der Waals surface area contributed by atoms with Crippen LogP contribution in [0.15, 0.2) is 72.8 Å². The van der Waals surface area contributed by atoms with Crippen molar-refractivity contribution in [2.45, 2.75) is 25.7 Å². The van der Waals surface area contributed by atoms with Crippen molar-refractivity contribution in [3.05, 3.63) is 83.9 Å². The summed E-state index contributed by atoms with van der Waals surface area (Å²) in [7, 11) is 0. The predicted molar refractivity (Wildman–Crippen MR) is 113 cm³/mol. The lowest BCUT2D eigenvalue weighted by molar-refractivity contribution is -0.119. The highest BCUT2D eigenvalue weighted by Gasteiger charge is 2.12. The number of benzene rings is 4. The summed E-state index contributed by atoms with van der Waals surface area (Å²) in [5, 5.41) is 24.6. The molecular formula is C25H22O3. The van der Waals surface area contributed by atoms with Crippen LogP contribution in [0, 0.1) is 0 Å². The average molecular weight is 370 g/mol. The van der Waals surface area contributed by atoms with E-state index in [1.807, 2.05) is 60.7 Å². The van der Waals surface area contributed by atoms with E-state index in [4.69, 9.17) is 0 Å². The smallest absolute Gasteiger partial charge is 0.133 e. The molecule has 3 nitrogen and oxygen atoms in total. The van der Waals surface area contributed by atoms with Gasteiger partial charge in [-0.05, 0) is 46.5 Å². The molecule has 0 aliphatic carbocycles. The van der Waals surface area contributed by atoms with Gasteiger partial charge in [0.15, 0.2) is 0 Å². The number of phenols is 2. The molecule has 0 saturated heterocycles. The van der Waals surface area contributed by atoms with Crippen LogP contribution in [-0.2, 0) is 17.6 Å². The second-order valence-electron chi connectivity index (χ2n) is 7.11. The second kappa shape index (κ2) is 7.73. The molecule has 4 aromatic rings. The molecule has 4 rings (SSSR count). The van der Waals surface area contributed by atoms with Crippen LogP contribution in [0.5, 0.6) is 11.5 Å². The summed E-state index contributed by atoms with van der Waals surface area (Å²) in [6.45, 7) is 0. The van der Waals surface area contributed by atoms with E-state index in [1.165, 1.54) is 0 Å². The van der Waals surface area contributed by atoms with Crippen LogP contribution in [0.2, 0.25) is 0 Å². The van der Waals surface area contributed by atoms with Crippen LogP contribution >= 0.6 is 0 Å². The Balaban J connectivity index is 1.47. The van der Waals surface area contributed by atoms with Gasteiger partial charge >= 0.3 is 0 Å². The minimum atomic E-state index is 0.125. The van der Waals surface area contributed by atoms with Crippen LogP contribution in [0.3, 0.4) is 0 Å². The normalized spacial score (nSPS) is 11.1. The lowest BCUT2D eigenvalue weighted by atomic mass is 9.95. The molecule has 0 unspecified atom stereocenters. The topological polar surface area (TPSA) is 57.5 Å². The van der Waals surface area contributed by atoms with Crippen LogP contribution in [0.4, 0.5) is 0 Å². The first-order chi connectivity index (χ1) is 13.6. The summed E-state index contributed by atoms with van der Waals surface area (Å²) in [4.78, 5) is 12.5. The quantitative estimate of drug-likeness (QED) is 0.468. The third-order valence-electron chi connectivity index (χ3n) is 5.34. The lowest BCUT2D eigenvalue weighted by Gasteiger charge is -2.10. The van der Waals surface area contributed by atoms with Gasteiger partial charge in [0.05, 0.1) is 0 Å². The molecule has 0 atom stereocenters. The fraction of sp³-hybridized carbons (Fsp3) is 0.160.